The zero-order valence-electron chi connectivity index (χ0n) is 19.1. The molecule has 1 aromatic heterocycles. The molecule has 1 amide bonds. The minimum absolute atomic E-state index is 0.0787. The number of ether oxygens (including phenoxy) is 2. The van der Waals surface area contributed by atoms with Crippen LogP contribution in [0.15, 0.2) is 36.4 Å². The summed E-state index contributed by atoms with van der Waals surface area (Å²) in [7, 11) is 3.26. The highest BCUT2D eigenvalue weighted by atomic mass is 16.5. The summed E-state index contributed by atoms with van der Waals surface area (Å²) in [6.45, 7) is 5.31. The highest BCUT2D eigenvalue weighted by Gasteiger charge is 2.25. The molecule has 0 radical (unpaired) electrons. The first-order chi connectivity index (χ1) is 15.6. The molecule has 0 bridgehead atoms. The van der Waals surface area contributed by atoms with Crippen molar-refractivity contribution in [2.24, 2.45) is 5.92 Å². The number of aromatic nitrogens is 2. The number of benzene rings is 2. The van der Waals surface area contributed by atoms with Crippen LogP contribution in [0.2, 0.25) is 0 Å². The van der Waals surface area contributed by atoms with E-state index in [0.717, 1.165) is 61.3 Å². The predicted octanol–water partition coefficient (Wildman–Crippen LogP) is 3.46. The van der Waals surface area contributed by atoms with Crippen LogP contribution in [0, 0.1) is 12.8 Å². The Bertz CT molecular complexity index is 1070. The number of carbonyl (C=O) groups is 1. The third-order valence-corrected chi connectivity index (χ3v) is 6.18. The van der Waals surface area contributed by atoms with Gasteiger partial charge in [0.15, 0.2) is 11.5 Å². The predicted molar refractivity (Wildman–Crippen MR) is 125 cm³/mol. The van der Waals surface area contributed by atoms with Gasteiger partial charge in [-0.2, -0.15) is 0 Å². The molecule has 4 rings (SSSR count). The summed E-state index contributed by atoms with van der Waals surface area (Å²) in [6.07, 6.45) is 2.51. The number of methoxy groups -OCH3 is 2. The van der Waals surface area contributed by atoms with Gasteiger partial charge in [-0.25, -0.2) is 4.98 Å². The average molecular weight is 437 g/mol. The summed E-state index contributed by atoms with van der Waals surface area (Å²) in [5.41, 5.74) is 4.43. The molecule has 0 spiro atoms. The molecule has 0 unspecified atom stereocenters. The smallest absolute Gasteiger partial charge is 0.223 e. The first-order valence-electron chi connectivity index (χ1n) is 11.2. The van der Waals surface area contributed by atoms with Gasteiger partial charge in [-0.3, -0.25) is 9.69 Å². The van der Waals surface area contributed by atoms with Gasteiger partial charge < -0.3 is 19.8 Å². The fraction of sp³-hybridized carbons (Fsp3) is 0.440. The summed E-state index contributed by atoms with van der Waals surface area (Å²) >= 11 is 0. The number of hydrogen-bond acceptors (Lipinski definition) is 5. The first kappa shape index (κ1) is 22.1. The van der Waals surface area contributed by atoms with Crippen molar-refractivity contribution in [1.82, 2.24) is 20.2 Å². The van der Waals surface area contributed by atoms with Gasteiger partial charge >= 0.3 is 0 Å². The quantitative estimate of drug-likeness (QED) is 0.565. The van der Waals surface area contributed by atoms with Crippen LogP contribution in [0.1, 0.15) is 29.8 Å². The number of amides is 1. The Morgan fingerprint density at radius 2 is 1.91 bits per heavy atom. The number of H-pyrrole nitrogens is 1. The number of piperidine rings is 1. The lowest BCUT2D eigenvalue weighted by atomic mass is 9.96. The molecule has 0 atom stereocenters. The summed E-state index contributed by atoms with van der Waals surface area (Å²) in [4.78, 5) is 23.1. The molecule has 3 aromatic rings. The van der Waals surface area contributed by atoms with E-state index in [9.17, 15) is 4.79 Å². The lowest BCUT2D eigenvalue weighted by molar-refractivity contribution is -0.126. The zero-order chi connectivity index (χ0) is 22.5. The van der Waals surface area contributed by atoms with Crippen LogP contribution in [0.3, 0.4) is 0 Å². The van der Waals surface area contributed by atoms with Gasteiger partial charge in [0.25, 0.3) is 0 Å². The number of nitrogens with zero attached hydrogens (tertiary/aromatic N) is 2. The Hall–Kier alpha value is -3.06. The summed E-state index contributed by atoms with van der Waals surface area (Å²) < 4.78 is 10.6. The Labute approximate surface area is 189 Å². The van der Waals surface area contributed by atoms with E-state index < -0.39 is 0 Å². The zero-order valence-corrected chi connectivity index (χ0v) is 19.1. The number of nitrogens with one attached hydrogen (secondary N) is 2. The van der Waals surface area contributed by atoms with Crippen LogP contribution in [0.4, 0.5) is 0 Å². The van der Waals surface area contributed by atoms with E-state index in [-0.39, 0.29) is 11.8 Å². The van der Waals surface area contributed by atoms with Crippen molar-refractivity contribution >= 4 is 16.9 Å². The number of aryl methyl sites for hydroxylation is 1. The Morgan fingerprint density at radius 3 is 2.66 bits per heavy atom. The number of rotatable bonds is 8. The Morgan fingerprint density at radius 1 is 1.12 bits per heavy atom. The molecule has 170 valence electrons. The summed E-state index contributed by atoms with van der Waals surface area (Å²) in [5, 5.41) is 3.11. The molecule has 0 aliphatic carbocycles. The Balaban J connectivity index is 1.22. The Kier molecular flexibility index (Phi) is 6.95. The van der Waals surface area contributed by atoms with Gasteiger partial charge in [0.1, 0.15) is 5.82 Å². The highest BCUT2D eigenvalue weighted by Crippen LogP contribution is 2.27. The van der Waals surface area contributed by atoms with Gasteiger partial charge in [-0.15, -0.1) is 0 Å². The van der Waals surface area contributed by atoms with Crippen molar-refractivity contribution < 1.29 is 14.3 Å². The third-order valence-electron chi connectivity index (χ3n) is 6.18. The second kappa shape index (κ2) is 10.0. The molecule has 1 fully saturated rings. The minimum atomic E-state index is 0.0787. The van der Waals surface area contributed by atoms with E-state index in [1.165, 1.54) is 5.56 Å². The van der Waals surface area contributed by atoms with E-state index in [1.807, 2.05) is 18.2 Å². The SMILES string of the molecule is COc1ccc(CCNC(=O)C2CCN(Cc3nc4ccc(C)cc4[nH]3)CC2)cc1OC. The van der Waals surface area contributed by atoms with E-state index in [0.29, 0.717) is 18.0 Å². The molecule has 1 aliphatic rings. The van der Waals surface area contributed by atoms with Crippen LogP contribution in [-0.2, 0) is 17.8 Å². The van der Waals surface area contributed by atoms with Gasteiger partial charge in [0, 0.05) is 12.5 Å². The fourth-order valence-corrected chi connectivity index (χ4v) is 4.33. The lowest BCUT2D eigenvalue weighted by Gasteiger charge is -2.30. The van der Waals surface area contributed by atoms with Crippen LogP contribution in [0.5, 0.6) is 11.5 Å². The monoisotopic (exact) mass is 436 g/mol. The van der Waals surface area contributed by atoms with Gasteiger partial charge in [0.05, 0.1) is 31.8 Å². The van der Waals surface area contributed by atoms with E-state index in [2.05, 4.69) is 40.3 Å². The van der Waals surface area contributed by atoms with Gasteiger partial charge in [0.2, 0.25) is 5.91 Å². The van der Waals surface area contributed by atoms with Crippen molar-refractivity contribution in [3.8, 4) is 11.5 Å². The van der Waals surface area contributed by atoms with Crippen LogP contribution < -0.4 is 14.8 Å². The summed E-state index contributed by atoms with van der Waals surface area (Å²) in [5.74, 6) is 2.65. The van der Waals surface area contributed by atoms with Crippen molar-refractivity contribution in [3.05, 3.63) is 53.3 Å². The van der Waals surface area contributed by atoms with E-state index >= 15 is 0 Å². The lowest BCUT2D eigenvalue weighted by Crippen LogP contribution is -2.40. The molecule has 7 heteroatoms. The maximum atomic E-state index is 12.6. The van der Waals surface area contributed by atoms with Crippen molar-refractivity contribution in [2.75, 3.05) is 33.9 Å². The number of aromatic amines is 1. The molecule has 0 saturated carbocycles. The molecule has 2 N–H and O–H groups in total. The molecular weight excluding hydrogens is 404 g/mol. The van der Waals surface area contributed by atoms with Crippen LogP contribution in [-0.4, -0.2) is 54.6 Å². The average Bonchev–Trinajstić information content (AvgIpc) is 3.20. The number of fused-ring (bicyclic) bond motifs is 1. The molecule has 1 saturated heterocycles. The highest BCUT2D eigenvalue weighted by molar-refractivity contribution is 5.78. The molecule has 32 heavy (non-hydrogen) atoms. The van der Waals surface area contributed by atoms with Gasteiger partial charge in [-0.05, 0) is 74.7 Å². The number of likely N-dealkylation sites (tertiary alicyclic amines) is 1. The molecule has 2 aromatic carbocycles. The maximum absolute atomic E-state index is 12.6. The number of carbonyl (C=O) groups excluding carboxylic acids is 1. The van der Waals surface area contributed by atoms with Crippen molar-refractivity contribution in [1.29, 1.82) is 0 Å². The topological polar surface area (TPSA) is 79.5 Å². The largest absolute Gasteiger partial charge is 0.493 e. The van der Waals surface area contributed by atoms with Crippen molar-refractivity contribution in [3.63, 3.8) is 0 Å². The van der Waals surface area contributed by atoms with Crippen molar-refractivity contribution in [2.45, 2.75) is 32.7 Å². The number of hydrogen-bond donors (Lipinski definition) is 2. The summed E-state index contributed by atoms with van der Waals surface area (Å²) in [6, 6.07) is 12.1. The second-order valence-electron chi connectivity index (χ2n) is 8.48. The van der Waals surface area contributed by atoms with Gasteiger partial charge in [-0.1, -0.05) is 12.1 Å². The normalized spacial score (nSPS) is 15.1. The molecule has 7 nitrogen and oxygen atoms in total. The standard InChI is InChI=1S/C25H32N4O3/c1-17-4-6-20-21(14-17)28-24(27-20)16-29-12-9-19(10-13-29)25(30)26-11-8-18-5-7-22(31-2)23(15-18)32-3/h4-7,14-15,19H,8-13,16H2,1-3H3,(H,26,30)(H,27,28). The molecule has 2 heterocycles. The fourth-order valence-electron chi connectivity index (χ4n) is 4.33. The first-order valence-corrected chi connectivity index (χ1v) is 11.2. The maximum Gasteiger partial charge on any atom is 0.223 e. The van der Waals surface area contributed by atoms with E-state index in [1.54, 1.807) is 14.2 Å². The minimum Gasteiger partial charge on any atom is -0.493 e. The third kappa shape index (κ3) is 5.22. The molecular formula is C25H32N4O3. The second-order valence-corrected chi connectivity index (χ2v) is 8.48. The van der Waals surface area contributed by atoms with E-state index in [4.69, 9.17) is 14.5 Å². The molecule has 1 aliphatic heterocycles. The van der Waals surface area contributed by atoms with Crippen LogP contribution in [0.25, 0.3) is 11.0 Å². The van der Waals surface area contributed by atoms with Crippen LogP contribution >= 0.6 is 0 Å². The number of imidazole rings is 1.